The molecule has 2 aliphatic rings. The summed E-state index contributed by atoms with van der Waals surface area (Å²) in [6.45, 7) is 5.38. The molecule has 0 spiro atoms. The molecule has 0 aromatic rings. The van der Waals surface area contributed by atoms with Crippen LogP contribution in [-0.2, 0) is 0 Å². The van der Waals surface area contributed by atoms with Crippen LogP contribution >= 0.6 is 0 Å². The quantitative estimate of drug-likeness (QED) is 0.610. The van der Waals surface area contributed by atoms with E-state index >= 15 is 0 Å². The van der Waals surface area contributed by atoms with Gasteiger partial charge in [-0.15, -0.1) is 0 Å². The zero-order valence-corrected chi connectivity index (χ0v) is 7.38. The van der Waals surface area contributed by atoms with E-state index in [-0.39, 0.29) is 11.6 Å². The van der Waals surface area contributed by atoms with Crippen LogP contribution in [0.25, 0.3) is 0 Å². The van der Waals surface area contributed by atoms with Gasteiger partial charge in [0.2, 0.25) is 0 Å². The molecule has 64 valence electrons. The van der Waals surface area contributed by atoms with Gasteiger partial charge >= 0.3 is 0 Å². The molecule has 2 rings (SSSR count). The van der Waals surface area contributed by atoms with Gasteiger partial charge in [0.1, 0.15) is 0 Å². The van der Waals surface area contributed by atoms with Gasteiger partial charge in [-0.05, 0) is 33.1 Å². The zero-order valence-electron chi connectivity index (χ0n) is 7.38. The van der Waals surface area contributed by atoms with Crippen LogP contribution in [0.15, 0.2) is 0 Å². The lowest BCUT2D eigenvalue weighted by molar-refractivity contribution is 0.155. The second-order valence-corrected chi connectivity index (χ2v) is 4.55. The number of likely N-dealkylation sites (tertiary alicyclic amines) is 1. The summed E-state index contributed by atoms with van der Waals surface area (Å²) in [6, 6.07) is 0.794. The Labute approximate surface area is 68.2 Å². The molecule has 0 amide bonds. The second kappa shape index (κ2) is 2.20. The minimum atomic E-state index is -0.0781. The first-order valence-electron chi connectivity index (χ1n) is 4.54. The standard InChI is InChI=1S/C9H17NO/c1-9(2)5-8(11)6-10(9)7-3-4-7/h7-8,11H,3-6H2,1-2H3. The molecule has 0 aromatic heterocycles. The molecule has 1 aliphatic heterocycles. The van der Waals surface area contributed by atoms with Crippen LogP contribution in [0.5, 0.6) is 0 Å². The molecule has 2 heteroatoms. The third kappa shape index (κ3) is 1.30. The number of β-amino-alcohol motifs (C(OH)–C–C–N with tert-alkyl or cyclic N) is 1. The lowest BCUT2D eigenvalue weighted by Gasteiger charge is -2.30. The molecule has 1 saturated heterocycles. The van der Waals surface area contributed by atoms with E-state index in [1.54, 1.807) is 0 Å². The number of aliphatic hydroxyl groups excluding tert-OH is 1. The van der Waals surface area contributed by atoms with Gasteiger partial charge < -0.3 is 5.11 Å². The summed E-state index contributed by atoms with van der Waals surface area (Å²) in [5.74, 6) is 0. The Balaban J connectivity index is 2.07. The highest BCUT2D eigenvalue weighted by atomic mass is 16.3. The maximum atomic E-state index is 9.47. The van der Waals surface area contributed by atoms with E-state index in [2.05, 4.69) is 18.7 Å². The Morgan fingerprint density at radius 2 is 2.00 bits per heavy atom. The Morgan fingerprint density at radius 1 is 1.36 bits per heavy atom. The molecule has 1 heterocycles. The Morgan fingerprint density at radius 3 is 2.36 bits per heavy atom. The molecular formula is C9H17NO. The van der Waals surface area contributed by atoms with Crippen molar-refractivity contribution in [2.24, 2.45) is 0 Å². The zero-order chi connectivity index (χ0) is 8.06. The predicted molar refractivity (Wildman–Crippen MR) is 44.4 cm³/mol. The van der Waals surface area contributed by atoms with E-state index in [9.17, 15) is 5.11 Å². The lowest BCUT2D eigenvalue weighted by atomic mass is 10.0. The first kappa shape index (κ1) is 7.56. The summed E-state index contributed by atoms with van der Waals surface area (Å²) < 4.78 is 0. The van der Waals surface area contributed by atoms with Gasteiger partial charge in [-0.25, -0.2) is 0 Å². The smallest absolute Gasteiger partial charge is 0.0684 e. The van der Waals surface area contributed by atoms with E-state index in [4.69, 9.17) is 0 Å². The largest absolute Gasteiger partial charge is 0.392 e. The van der Waals surface area contributed by atoms with Gasteiger partial charge in [-0.1, -0.05) is 0 Å². The summed E-state index contributed by atoms with van der Waals surface area (Å²) >= 11 is 0. The molecule has 1 saturated carbocycles. The first-order chi connectivity index (χ1) is 5.09. The second-order valence-electron chi connectivity index (χ2n) is 4.55. The molecule has 0 aromatic carbocycles. The summed E-state index contributed by atoms with van der Waals surface area (Å²) in [5, 5.41) is 9.47. The van der Waals surface area contributed by atoms with Crippen molar-refractivity contribution in [1.29, 1.82) is 0 Å². The van der Waals surface area contributed by atoms with Crippen LogP contribution in [0, 0.1) is 0 Å². The SMILES string of the molecule is CC1(C)CC(O)CN1C1CC1. The minimum absolute atomic E-state index is 0.0781. The fourth-order valence-corrected chi connectivity index (χ4v) is 2.26. The molecule has 11 heavy (non-hydrogen) atoms. The summed E-state index contributed by atoms with van der Waals surface area (Å²) in [4.78, 5) is 2.47. The third-order valence-electron chi connectivity index (χ3n) is 2.91. The summed E-state index contributed by atoms with van der Waals surface area (Å²) in [6.07, 6.45) is 3.56. The van der Waals surface area contributed by atoms with E-state index in [0.29, 0.717) is 0 Å². The Kier molecular flexibility index (Phi) is 1.52. The highest BCUT2D eigenvalue weighted by Crippen LogP contribution is 2.38. The van der Waals surface area contributed by atoms with Crippen molar-refractivity contribution in [2.75, 3.05) is 6.54 Å². The van der Waals surface area contributed by atoms with Crippen molar-refractivity contribution in [3.8, 4) is 0 Å². The molecule has 1 N–H and O–H groups in total. The van der Waals surface area contributed by atoms with E-state index in [0.717, 1.165) is 19.0 Å². The number of hydrogen-bond donors (Lipinski definition) is 1. The average Bonchev–Trinajstić information content (AvgIpc) is 2.59. The molecule has 2 nitrogen and oxygen atoms in total. The highest BCUT2D eigenvalue weighted by molar-refractivity contribution is 5.00. The highest BCUT2D eigenvalue weighted by Gasteiger charge is 2.44. The van der Waals surface area contributed by atoms with E-state index < -0.39 is 0 Å². The van der Waals surface area contributed by atoms with Crippen LogP contribution < -0.4 is 0 Å². The summed E-state index contributed by atoms with van der Waals surface area (Å²) in [5.41, 5.74) is 0.251. The van der Waals surface area contributed by atoms with Gasteiger partial charge in [-0.2, -0.15) is 0 Å². The van der Waals surface area contributed by atoms with Crippen LogP contribution in [0.1, 0.15) is 33.1 Å². The lowest BCUT2D eigenvalue weighted by Crippen LogP contribution is -2.39. The van der Waals surface area contributed by atoms with Crippen molar-refractivity contribution in [3.05, 3.63) is 0 Å². The fourth-order valence-electron chi connectivity index (χ4n) is 2.26. The molecule has 1 unspecified atom stereocenters. The van der Waals surface area contributed by atoms with Crippen molar-refractivity contribution in [3.63, 3.8) is 0 Å². The minimum Gasteiger partial charge on any atom is -0.392 e. The molecule has 0 bridgehead atoms. The number of hydrogen-bond acceptors (Lipinski definition) is 2. The van der Waals surface area contributed by atoms with Gasteiger partial charge in [-0.3, -0.25) is 4.90 Å². The van der Waals surface area contributed by atoms with Gasteiger partial charge in [0.15, 0.2) is 0 Å². The Bertz CT molecular complexity index is 163. The van der Waals surface area contributed by atoms with Crippen LogP contribution in [0.2, 0.25) is 0 Å². The van der Waals surface area contributed by atoms with Gasteiger partial charge in [0.25, 0.3) is 0 Å². The average molecular weight is 155 g/mol. The van der Waals surface area contributed by atoms with Crippen molar-refractivity contribution >= 4 is 0 Å². The van der Waals surface area contributed by atoms with Crippen molar-refractivity contribution in [1.82, 2.24) is 4.90 Å². The van der Waals surface area contributed by atoms with E-state index in [1.807, 2.05) is 0 Å². The van der Waals surface area contributed by atoms with Gasteiger partial charge in [0, 0.05) is 18.1 Å². The first-order valence-corrected chi connectivity index (χ1v) is 4.54. The maximum Gasteiger partial charge on any atom is 0.0684 e. The normalized spacial score (nSPS) is 37.9. The monoisotopic (exact) mass is 155 g/mol. The molecule has 1 aliphatic carbocycles. The van der Waals surface area contributed by atoms with E-state index in [1.165, 1.54) is 12.8 Å². The van der Waals surface area contributed by atoms with Gasteiger partial charge in [0.05, 0.1) is 6.10 Å². The number of rotatable bonds is 1. The topological polar surface area (TPSA) is 23.5 Å². The predicted octanol–water partition coefficient (Wildman–Crippen LogP) is 0.994. The van der Waals surface area contributed by atoms with Crippen LogP contribution in [0.3, 0.4) is 0 Å². The van der Waals surface area contributed by atoms with Crippen molar-refractivity contribution < 1.29 is 5.11 Å². The molecule has 1 atom stereocenters. The van der Waals surface area contributed by atoms with Crippen LogP contribution in [0.4, 0.5) is 0 Å². The molecule has 2 fully saturated rings. The number of nitrogens with zero attached hydrogens (tertiary/aromatic N) is 1. The maximum absolute atomic E-state index is 9.47. The van der Waals surface area contributed by atoms with Crippen molar-refractivity contribution in [2.45, 2.75) is 50.8 Å². The Hall–Kier alpha value is -0.0800. The summed E-state index contributed by atoms with van der Waals surface area (Å²) in [7, 11) is 0. The number of aliphatic hydroxyl groups is 1. The molecular weight excluding hydrogens is 138 g/mol. The molecule has 0 radical (unpaired) electrons. The third-order valence-corrected chi connectivity index (χ3v) is 2.91. The van der Waals surface area contributed by atoms with Crippen LogP contribution in [-0.4, -0.2) is 34.2 Å². The fraction of sp³-hybridized carbons (Fsp3) is 1.00.